The molecule has 3 rings (SSSR count). The molecule has 1 saturated heterocycles. The lowest BCUT2D eigenvalue weighted by molar-refractivity contribution is -0.114. The van der Waals surface area contributed by atoms with Crippen LogP contribution in [0.1, 0.15) is 31.9 Å². The molecule has 1 heterocycles. The lowest BCUT2D eigenvalue weighted by Gasteiger charge is -2.44. The van der Waals surface area contributed by atoms with Crippen molar-refractivity contribution in [2.24, 2.45) is 0 Å². The number of piperazine rings is 1. The van der Waals surface area contributed by atoms with Crippen molar-refractivity contribution in [1.29, 1.82) is 5.26 Å². The van der Waals surface area contributed by atoms with E-state index in [9.17, 15) is 9.90 Å². The van der Waals surface area contributed by atoms with Gasteiger partial charge >= 0.3 is 0 Å². The maximum Gasteiger partial charge on any atom is 0.221 e. The van der Waals surface area contributed by atoms with Crippen molar-refractivity contribution in [3.8, 4) is 11.8 Å². The molecule has 2 aromatic carbocycles. The maximum atomic E-state index is 11.5. The van der Waals surface area contributed by atoms with Gasteiger partial charge in [0.15, 0.2) is 0 Å². The highest BCUT2D eigenvalue weighted by atomic mass is 35.5. The van der Waals surface area contributed by atoms with Gasteiger partial charge in [0.2, 0.25) is 5.91 Å². The van der Waals surface area contributed by atoms with Crippen LogP contribution in [0.25, 0.3) is 0 Å². The topological polar surface area (TPSA) is 88.8 Å². The number of β-amino-alcohol motifs (C(OH)–C–C–N with tert-alkyl or cyclic N) is 1. The van der Waals surface area contributed by atoms with Crippen molar-refractivity contribution >= 4 is 34.8 Å². The van der Waals surface area contributed by atoms with E-state index < -0.39 is 6.10 Å². The van der Waals surface area contributed by atoms with Crippen LogP contribution in [0.3, 0.4) is 0 Å². The van der Waals surface area contributed by atoms with Gasteiger partial charge in [-0.2, -0.15) is 5.26 Å². The summed E-state index contributed by atoms with van der Waals surface area (Å²) < 4.78 is 5.79. The van der Waals surface area contributed by atoms with Crippen LogP contribution < -0.4 is 10.1 Å². The number of hydrogen-bond donors (Lipinski definition) is 2. The fourth-order valence-electron chi connectivity index (χ4n) is 4.14. The minimum absolute atomic E-state index is 0.0725. The number of nitrogens with one attached hydrogen (secondary N) is 1. The zero-order valence-corrected chi connectivity index (χ0v) is 21.1. The minimum Gasteiger partial charge on any atom is -0.489 e. The fourth-order valence-corrected chi connectivity index (χ4v) is 4.46. The Labute approximate surface area is 210 Å². The lowest BCUT2D eigenvalue weighted by atomic mass is 10.1. The van der Waals surface area contributed by atoms with Gasteiger partial charge in [0, 0.05) is 45.2 Å². The van der Waals surface area contributed by atoms with Crippen LogP contribution in [0.4, 0.5) is 5.69 Å². The first-order valence-corrected chi connectivity index (χ1v) is 12.0. The minimum atomic E-state index is -0.711. The van der Waals surface area contributed by atoms with Crippen molar-refractivity contribution < 1.29 is 14.6 Å². The van der Waals surface area contributed by atoms with Crippen LogP contribution in [0, 0.1) is 11.3 Å². The molecule has 0 aliphatic carbocycles. The number of benzene rings is 2. The molecule has 3 unspecified atom stereocenters. The molecule has 0 bridgehead atoms. The number of nitrogens with zero attached hydrogens (tertiary/aromatic N) is 3. The predicted octanol–water partition coefficient (Wildman–Crippen LogP) is 4.16. The summed E-state index contributed by atoms with van der Waals surface area (Å²) in [5.41, 5.74) is 1.95. The second-order valence-corrected chi connectivity index (χ2v) is 9.61. The highest BCUT2D eigenvalue weighted by Crippen LogP contribution is 2.27. The lowest BCUT2D eigenvalue weighted by Crippen LogP contribution is -2.57. The Morgan fingerprint density at radius 1 is 1.18 bits per heavy atom. The van der Waals surface area contributed by atoms with Gasteiger partial charge in [0.1, 0.15) is 18.5 Å². The van der Waals surface area contributed by atoms with Gasteiger partial charge in [-0.15, -0.1) is 0 Å². The van der Waals surface area contributed by atoms with Crippen LogP contribution in [0.15, 0.2) is 36.4 Å². The molecule has 1 amide bonds. The van der Waals surface area contributed by atoms with Gasteiger partial charge < -0.3 is 15.2 Å². The maximum absolute atomic E-state index is 11.5. The number of anilines is 1. The Morgan fingerprint density at radius 2 is 1.88 bits per heavy atom. The number of carbonyl (C=O) groups is 1. The molecule has 1 aliphatic heterocycles. The molecule has 0 aromatic heterocycles. The Hall–Kier alpha value is -2.34. The number of carbonyl (C=O) groups excluding carboxylic acids is 1. The summed E-state index contributed by atoms with van der Waals surface area (Å²) >= 11 is 12.2. The summed E-state index contributed by atoms with van der Waals surface area (Å²) in [6, 6.07) is 13.1. The van der Waals surface area contributed by atoms with E-state index in [1.165, 1.54) is 6.92 Å². The first-order chi connectivity index (χ1) is 16.2. The number of amides is 1. The van der Waals surface area contributed by atoms with E-state index in [-0.39, 0.29) is 18.6 Å². The molecular formula is C25H30Cl2N4O3. The molecule has 1 aliphatic rings. The molecule has 7 nitrogen and oxygen atoms in total. The third kappa shape index (κ3) is 7.08. The molecule has 0 saturated carbocycles. The van der Waals surface area contributed by atoms with Crippen LogP contribution in [-0.2, 0) is 11.3 Å². The highest BCUT2D eigenvalue weighted by molar-refractivity contribution is 6.42. The number of aliphatic hydroxyl groups is 1. The van der Waals surface area contributed by atoms with Gasteiger partial charge in [0.05, 0.1) is 27.4 Å². The summed E-state index contributed by atoms with van der Waals surface area (Å²) in [6.07, 6.45) is -0.711. The van der Waals surface area contributed by atoms with Crippen LogP contribution >= 0.6 is 23.2 Å². The molecule has 0 spiro atoms. The van der Waals surface area contributed by atoms with E-state index in [0.29, 0.717) is 39.6 Å². The number of hydrogen-bond acceptors (Lipinski definition) is 6. The van der Waals surface area contributed by atoms with Gasteiger partial charge in [0.25, 0.3) is 0 Å². The van der Waals surface area contributed by atoms with Crippen molar-refractivity contribution in [2.75, 3.05) is 31.6 Å². The Balaban J connectivity index is 1.55. The summed E-state index contributed by atoms with van der Waals surface area (Å²) in [7, 11) is 0. The normalized spacial score (nSPS) is 19.9. The number of nitriles is 1. The van der Waals surface area contributed by atoms with E-state index >= 15 is 0 Å². The molecular weight excluding hydrogens is 475 g/mol. The monoisotopic (exact) mass is 504 g/mol. The number of aliphatic hydroxyl groups excluding tert-OH is 1. The van der Waals surface area contributed by atoms with Gasteiger partial charge in [-0.1, -0.05) is 29.3 Å². The molecule has 3 atom stereocenters. The third-order valence-corrected chi connectivity index (χ3v) is 6.65. The zero-order valence-electron chi connectivity index (χ0n) is 19.6. The van der Waals surface area contributed by atoms with E-state index in [0.717, 1.165) is 25.2 Å². The summed E-state index contributed by atoms with van der Waals surface area (Å²) in [5, 5.41) is 23.5. The van der Waals surface area contributed by atoms with Gasteiger partial charge in [-0.3, -0.25) is 14.6 Å². The zero-order chi connectivity index (χ0) is 24.8. The predicted molar refractivity (Wildman–Crippen MR) is 134 cm³/mol. The van der Waals surface area contributed by atoms with Crippen LogP contribution in [0.2, 0.25) is 10.0 Å². The number of rotatable bonds is 8. The molecule has 34 heavy (non-hydrogen) atoms. The highest BCUT2D eigenvalue weighted by Gasteiger charge is 2.30. The molecule has 182 valence electrons. The molecule has 2 N–H and O–H groups in total. The van der Waals surface area contributed by atoms with Crippen LogP contribution in [0.5, 0.6) is 5.75 Å². The van der Waals surface area contributed by atoms with Crippen LogP contribution in [-0.4, -0.2) is 65.2 Å². The quantitative estimate of drug-likeness (QED) is 0.560. The summed E-state index contributed by atoms with van der Waals surface area (Å²) in [6.45, 7) is 8.71. The fraction of sp³-hybridized carbons (Fsp3) is 0.440. The second-order valence-electron chi connectivity index (χ2n) is 8.80. The molecule has 2 aromatic rings. The van der Waals surface area contributed by atoms with Crippen molar-refractivity contribution in [1.82, 2.24) is 9.80 Å². The van der Waals surface area contributed by atoms with Crippen molar-refractivity contribution in [3.05, 3.63) is 57.6 Å². The van der Waals surface area contributed by atoms with Gasteiger partial charge in [-0.25, -0.2) is 0 Å². The van der Waals surface area contributed by atoms with Gasteiger partial charge in [-0.05, 0) is 49.7 Å². The molecule has 0 radical (unpaired) electrons. The first kappa shape index (κ1) is 26.3. The summed E-state index contributed by atoms with van der Waals surface area (Å²) in [4.78, 5) is 16.1. The smallest absolute Gasteiger partial charge is 0.221 e. The SMILES string of the molecule is CC(=O)Nc1cc(C#N)ccc1OCC(O)CN1CC(C)N(Cc2ccc(Cl)c(Cl)c2)CC1C. The molecule has 9 heteroatoms. The Bertz CT molecular complexity index is 1060. The number of ether oxygens (including phenoxy) is 1. The third-order valence-electron chi connectivity index (χ3n) is 5.91. The standard InChI is InChI=1S/C25H30Cl2N4O3/c1-16-12-31(17(2)11-30(16)13-20-4-6-22(26)23(27)8-20)14-21(33)15-34-25-7-5-19(10-28)9-24(25)29-18(3)32/h4-9,16-17,21,33H,11-15H2,1-3H3,(H,29,32). The largest absolute Gasteiger partial charge is 0.489 e. The number of halogens is 2. The first-order valence-electron chi connectivity index (χ1n) is 11.2. The Kier molecular flexibility index (Phi) is 9.17. The average Bonchev–Trinajstić information content (AvgIpc) is 2.78. The van der Waals surface area contributed by atoms with E-state index in [4.69, 9.17) is 33.2 Å². The van der Waals surface area contributed by atoms with E-state index in [1.54, 1.807) is 18.2 Å². The molecule has 1 fully saturated rings. The van der Waals surface area contributed by atoms with E-state index in [2.05, 4.69) is 29.0 Å². The van der Waals surface area contributed by atoms with Crippen molar-refractivity contribution in [2.45, 2.75) is 45.5 Å². The summed E-state index contributed by atoms with van der Waals surface area (Å²) in [5.74, 6) is 0.156. The average molecular weight is 505 g/mol. The Morgan fingerprint density at radius 3 is 2.56 bits per heavy atom. The second kappa shape index (κ2) is 11.9. The van der Waals surface area contributed by atoms with Crippen molar-refractivity contribution in [3.63, 3.8) is 0 Å². The van der Waals surface area contributed by atoms with E-state index in [1.807, 2.05) is 24.3 Å².